The van der Waals surface area contributed by atoms with Gasteiger partial charge in [-0.1, -0.05) is 155 Å². The second kappa shape index (κ2) is 33.4. The smallest absolute Gasteiger partial charge is 0.332 e. The van der Waals surface area contributed by atoms with Gasteiger partial charge in [-0.25, -0.2) is 4.79 Å². The van der Waals surface area contributed by atoms with E-state index in [9.17, 15) is 4.79 Å². The first-order valence-corrected chi connectivity index (χ1v) is 15.5. The number of carbonyl (C=O) groups is 1. The number of hydrogen-bond donors (Lipinski definition) is 2. The van der Waals surface area contributed by atoms with Crippen LogP contribution in [0.2, 0.25) is 0 Å². The van der Waals surface area contributed by atoms with Gasteiger partial charge in [-0.2, -0.15) is 0 Å². The first-order valence-electron chi connectivity index (χ1n) is 15.5. The lowest BCUT2D eigenvalue weighted by Gasteiger charge is -2.05. The van der Waals surface area contributed by atoms with Gasteiger partial charge in [0.25, 0.3) is 0 Å². The maximum atomic E-state index is 9.45. The Hall–Kier alpha value is -0.610. The molecule has 0 heterocycles. The molecule has 1 unspecified atom stereocenters. The van der Waals surface area contributed by atoms with Crippen molar-refractivity contribution < 1.29 is 19.7 Å². The average Bonchev–Trinajstić information content (AvgIpc) is 2.84. The first kappa shape index (κ1) is 36.5. The van der Waals surface area contributed by atoms with Gasteiger partial charge in [-0.05, 0) is 19.8 Å². The number of aliphatic carboxylic acids is 1. The molecule has 0 saturated carbocycles. The van der Waals surface area contributed by atoms with Gasteiger partial charge in [0.05, 0.1) is 0 Å². The van der Waals surface area contributed by atoms with Crippen LogP contribution in [0.15, 0.2) is 0 Å². The zero-order valence-corrected chi connectivity index (χ0v) is 24.2. The number of aliphatic hydroxyl groups excluding tert-OH is 1. The Kier molecular flexibility index (Phi) is 34.9. The maximum Gasteiger partial charge on any atom is 0.332 e. The zero-order valence-electron chi connectivity index (χ0n) is 24.2. The predicted molar refractivity (Wildman–Crippen MR) is 152 cm³/mol. The Bertz CT molecular complexity index is 358. The number of rotatable bonds is 27. The molecule has 212 valence electrons. The Morgan fingerprint density at radius 2 is 0.714 bits per heavy atom. The molecule has 0 aliphatic carbocycles. The zero-order chi connectivity index (χ0) is 26.2. The summed E-state index contributed by atoms with van der Waals surface area (Å²) in [5, 5.41) is 15.8. The highest BCUT2D eigenvalue weighted by molar-refractivity contribution is 5.71. The molecular weight excluding hydrogens is 436 g/mol. The number of unbranched alkanes of at least 4 members (excludes halogenated alkanes) is 22. The molecule has 4 heteroatoms. The monoisotopic (exact) mass is 500 g/mol. The fourth-order valence-corrected chi connectivity index (χ4v) is 4.19. The SMILES string of the molecule is CC(O)C(=O)O.CCCCCCCCCCCCCCOCCCCCCCCCCCCCC. The summed E-state index contributed by atoms with van der Waals surface area (Å²) in [6.45, 7) is 7.78. The lowest BCUT2D eigenvalue weighted by atomic mass is 10.1. The van der Waals surface area contributed by atoms with Crippen molar-refractivity contribution in [3.05, 3.63) is 0 Å². The summed E-state index contributed by atoms with van der Waals surface area (Å²) < 4.78 is 5.82. The molecule has 0 spiro atoms. The third-order valence-corrected chi connectivity index (χ3v) is 6.64. The third-order valence-electron chi connectivity index (χ3n) is 6.64. The van der Waals surface area contributed by atoms with Gasteiger partial charge in [0.2, 0.25) is 0 Å². The average molecular weight is 501 g/mol. The summed E-state index contributed by atoms with van der Waals surface area (Å²) in [4.78, 5) is 9.45. The molecule has 0 fully saturated rings. The van der Waals surface area contributed by atoms with Crippen molar-refractivity contribution in [1.82, 2.24) is 0 Å². The second-order valence-electron chi connectivity index (χ2n) is 10.4. The molecule has 4 nitrogen and oxygen atoms in total. The second-order valence-corrected chi connectivity index (χ2v) is 10.4. The van der Waals surface area contributed by atoms with E-state index in [1.165, 1.54) is 161 Å². The van der Waals surface area contributed by atoms with Crippen molar-refractivity contribution in [2.75, 3.05) is 13.2 Å². The van der Waals surface area contributed by atoms with Crippen molar-refractivity contribution in [3.63, 3.8) is 0 Å². The van der Waals surface area contributed by atoms with Gasteiger partial charge < -0.3 is 14.9 Å². The highest BCUT2D eigenvalue weighted by atomic mass is 16.5. The van der Waals surface area contributed by atoms with Crippen LogP contribution in [0, 0.1) is 0 Å². The van der Waals surface area contributed by atoms with Crippen LogP contribution in [0.4, 0.5) is 0 Å². The minimum atomic E-state index is -1.23. The molecule has 0 bridgehead atoms. The van der Waals surface area contributed by atoms with E-state index in [2.05, 4.69) is 13.8 Å². The standard InChI is InChI=1S/C28H58O.C3H6O3/c1-3-5-7-9-11-13-15-17-19-21-23-25-27-29-28-26-24-22-20-18-16-14-12-10-8-6-4-2;1-2(4)3(5)6/h3-28H2,1-2H3;2,4H,1H3,(H,5,6). The van der Waals surface area contributed by atoms with Crippen molar-refractivity contribution in [1.29, 1.82) is 0 Å². The van der Waals surface area contributed by atoms with Crippen LogP contribution in [-0.4, -0.2) is 35.5 Å². The van der Waals surface area contributed by atoms with Crippen LogP contribution in [0.3, 0.4) is 0 Å². The van der Waals surface area contributed by atoms with E-state index in [4.69, 9.17) is 14.9 Å². The molecular formula is C31H64O4. The van der Waals surface area contributed by atoms with Gasteiger partial charge in [0, 0.05) is 13.2 Å². The highest BCUT2D eigenvalue weighted by Crippen LogP contribution is 2.13. The van der Waals surface area contributed by atoms with E-state index in [1.54, 1.807) is 0 Å². The highest BCUT2D eigenvalue weighted by Gasteiger charge is 2.01. The number of carboxylic acid groups (broad SMARTS) is 1. The summed E-state index contributed by atoms with van der Waals surface area (Å²) in [5.74, 6) is -1.19. The minimum Gasteiger partial charge on any atom is -0.479 e. The summed E-state index contributed by atoms with van der Waals surface area (Å²) in [7, 11) is 0. The maximum absolute atomic E-state index is 9.45. The van der Waals surface area contributed by atoms with Gasteiger partial charge in [0.1, 0.15) is 6.10 Å². The Morgan fingerprint density at radius 1 is 0.514 bits per heavy atom. The van der Waals surface area contributed by atoms with Crippen molar-refractivity contribution in [2.24, 2.45) is 0 Å². The van der Waals surface area contributed by atoms with Crippen LogP contribution in [0.25, 0.3) is 0 Å². The molecule has 0 aromatic rings. The van der Waals surface area contributed by atoms with Gasteiger partial charge in [-0.3, -0.25) is 0 Å². The number of aliphatic hydroxyl groups is 1. The van der Waals surface area contributed by atoms with E-state index in [1.807, 2.05) is 0 Å². The van der Waals surface area contributed by atoms with Crippen molar-refractivity contribution in [3.8, 4) is 0 Å². The molecule has 2 N–H and O–H groups in total. The summed E-state index contributed by atoms with van der Waals surface area (Å²) in [6, 6.07) is 0. The van der Waals surface area contributed by atoms with Gasteiger partial charge in [-0.15, -0.1) is 0 Å². The van der Waals surface area contributed by atoms with Crippen LogP contribution in [0.1, 0.15) is 175 Å². The van der Waals surface area contributed by atoms with Gasteiger partial charge in [0.15, 0.2) is 0 Å². The summed E-state index contributed by atoms with van der Waals surface area (Å²) in [5.41, 5.74) is 0. The molecule has 0 rings (SSSR count). The van der Waals surface area contributed by atoms with E-state index >= 15 is 0 Å². The normalized spacial score (nSPS) is 11.8. The van der Waals surface area contributed by atoms with Crippen molar-refractivity contribution >= 4 is 5.97 Å². The van der Waals surface area contributed by atoms with Crippen LogP contribution in [0.5, 0.6) is 0 Å². The van der Waals surface area contributed by atoms with Crippen LogP contribution >= 0.6 is 0 Å². The Morgan fingerprint density at radius 3 is 0.914 bits per heavy atom. The molecule has 0 saturated heterocycles. The molecule has 0 aromatic heterocycles. The lowest BCUT2D eigenvalue weighted by molar-refractivity contribution is -0.145. The largest absolute Gasteiger partial charge is 0.479 e. The quantitative estimate of drug-likeness (QED) is 0.110. The molecule has 0 radical (unpaired) electrons. The summed E-state index contributed by atoms with van der Waals surface area (Å²) >= 11 is 0. The Labute approximate surface area is 220 Å². The fourth-order valence-electron chi connectivity index (χ4n) is 4.19. The molecule has 0 aliphatic heterocycles. The topological polar surface area (TPSA) is 66.8 Å². The fraction of sp³-hybridized carbons (Fsp3) is 0.968. The van der Waals surface area contributed by atoms with E-state index < -0.39 is 12.1 Å². The summed E-state index contributed by atoms with van der Waals surface area (Å²) in [6.07, 6.45) is 32.9. The predicted octanol–water partition coefficient (Wildman–Crippen LogP) is 9.86. The molecule has 35 heavy (non-hydrogen) atoms. The molecule has 0 amide bonds. The number of ether oxygens (including phenoxy) is 1. The molecule has 1 atom stereocenters. The third kappa shape index (κ3) is 38.1. The molecule has 0 aromatic carbocycles. The van der Waals surface area contributed by atoms with Crippen molar-refractivity contribution in [2.45, 2.75) is 181 Å². The number of hydrogen-bond acceptors (Lipinski definition) is 3. The van der Waals surface area contributed by atoms with Crippen LogP contribution in [-0.2, 0) is 9.53 Å². The lowest BCUT2D eigenvalue weighted by Crippen LogP contribution is -2.13. The van der Waals surface area contributed by atoms with E-state index in [-0.39, 0.29) is 0 Å². The van der Waals surface area contributed by atoms with Gasteiger partial charge >= 0.3 is 5.97 Å². The van der Waals surface area contributed by atoms with E-state index in [0.29, 0.717) is 0 Å². The Balaban J connectivity index is 0. The number of carboxylic acids is 1. The van der Waals surface area contributed by atoms with E-state index in [0.717, 1.165) is 13.2 Å². The van der Waals surface area contributed by atoms with Crippen LogP contribution < -0.4 is 0 Å². The minimum absolute atomic E-state index is 0.995. The molecule has 0 aliphatic rings. The first-order chi connectivity index (χ1) is 17.1.